The lowest BCUT2D eigenvalue weighted by atomic mass is 9.96. The normalized spacial score (nSPS) is 18.9. The highest BCUT2D eigenvalue weighted by atomic mass is 16.5. The number of carbonyl (C=O) groups excluding carboxylic acids is 1. The zero-order chi connectivity index (χ0) is 17.0. The molecule has 0 bridgehead atoms. The van der Waals surface area contributed by atoms with Crippen molar-refractivity contribution in [3.63, 3.8) is 0 Å². The molecule has 2 rings (SSSR count). The van der Waals surface area contributed by atoms with Crippen LogP contribution in [0.25, 0.3) is 0 Å². The van der Waals surface area contributed by atoms with Gasteiger partial charge in [-0.15, -0.1) is 0 Å². The van der Waals surface area contributed by atoms with Crippen molar-refractivity contribution in [3.05, 3.63) is 11.7 Å². The number of likely N-dealkylation sites (tertiary alicyclic amines) is 1. The summed E-state index contributed by atoms with van der Waals surface area (Å²) in [5, 5.41) is 13.2. The molecular formula is C16H25N3O4. The third kappa shape index (κ3) is 4.53. The summed E-state index contributed by atoms with van der Waals surface area (Å²) in [7, 11) is 0. The maximum absolute atomic E-state index is 12.3. The Hall–Kier alpha value is -1.92. The van der Waals surface area contributed by atoms with E-state index in [4.69, 9.17) is 4.52 Å². The molecule has 1 aliphatic rings. The van der Waals surface area contributed by atoms with Crippen molar-refractivity contribution in [2.45, 2.75) is 70.8 Å². The van der Waals surface area contributed by atoms with E-state index in [0.717, 1.165) is 12.8 Å². The number of rotatable bonds is 5. The fourth-order valence-corrected chi connectivity index (χ4v) is 2.68. The van der Waals surface area contributed by atoms with E-state index in [-0.39, 0.29) is 11.3 Å². The first-order valence-electron chi connectivity index (χ1n) is 8.14. The Bertz CT molecular complexity index is 562. The summed E-state index contributed by atoms with van der Waals surface area (Å²) in [6, 6.07) is -0.674. The van der Waals surface area contributed by atoms with Gasteiger partial charge in [0.2, 0.25) is 11.8 Å². The number of carboxylic acids is 1. The maximum atomic E-state index is 12.3. The Labute approximate surface area is 136 Å². The first-order chi connectivity index (χ1) is 10.8. The molecule has 0 spiro atoms. The van der Waals surface area contributed by atoms with E-state index in [1.165, 1.54) is 4.90 Å². The molecule has 1 amide bonds. The smallest absolute Gasteiger partial charge is 0.326 e. The minimum atomic E-state index is -0.912. The van der Waals surface area contributed by atoms with E-state index < -0.39 is 12.0 Å². The highest BCUT2D eigenvalue weighted by Gasteiger charge is 2.31. The Balaban J connectivity index is 1.84. The fraction of sp³-hybridized carbons (Fsp3) is 0.750. The van der Waals surface area contributed by atoms with Crippen LogP contribution in [0.3, 0.4) is 0 Å². The number of aliphatic carboxylic acids is 1. The molecule has 1 aromatic heterocycles. The highest BCUT2D eigenvalue weighted by molar-refractivity contribution is 5.83. The summed E-state index contributed by atoms with van der Waals surface area (Å²) in [6.07, 6.45) is 3.68. The van der Waals surface area contributed by atoms with Crippen molar-refractivity contribution in [2.24, 2.45) is 0 Å². The van der Waals surface area contributed by atoms with Gasteiger partial charge in [-0.3, -0.25) is 4.79 Å². The molecule has 1 N–H and O–H groups in total. The molecule has 2 heterocycles. The molecule has 23 heavy (non-hydrogen) atoms. The van der Waals surface area contributed by atoms with E-state index >= 15 is 0 Å². The van der Waals surface area contributed by atoms with Gasteiger partial charge < -0.3 is 14.5 Å². The van der Waals surface area contributed by atoms with Gasteiger partial charge in [0.15, 0.2) is 5.82 Å². The maximum Gasteiger partial charge on any atom is 0.326 e. The van der Waals surface area contributed by atoms with Crippen molar-refractivity contribution < 1.29 is 19.2 Å². The molecule has 1 saturated heterocycles. The summed E-state index contributed by atoms with van der Waals surface area (Å²) in [5.41, 5.74) is -0.167. The average Bonchev–Trinajstić information content (AvgIpc) is 2.96. The number of hydrogen-bond acceptors (Lipinski definition) is 5. The van der Waals surface area contributed by atoms with Crippen LogP contribution in [0.2, 0.25) is 0 Å². The SMILES string of the molecule is CC(C)(C)c1noc(CCCC(=O)N2CCCC[C@H]2C(=O)O)n1. The minimum absolute atomic E-state index is 0.104. The van der Waals surface area contributed by atoms with Crippen molar-refractivity contribution in [1.29, 1.82) is 0 Å². The molecule has 0 aliphatic carbocycles. The van der Waals surface area contributed by atoms with Crippen LogP contribution in [-0.4, -0.2) is 44.6 Å². The van der Waals surface area contributed by atoms with Gasteiger partial charge in [-0.25, -0.2) is 4.79 Å². The second-order valence-corrected chi connectivity index (χ2v) is 7.05. The third-order valence-electron chi connectivity index (χ3n) is 4.03. The van der Waals surface area contributed by atoms with E-state index in [1.54, 1.807) is 0 Å². The third-order valence-corrected chi connectivity index (χ3v) is 4.03. The highest BCUT2D eigenvalue weighted by Crippen LogP contribution is 2.20. The lowest BCUT2D eigenvalue weighted by Crippen LogP contribution is -2.47. The summed E-state index contributed by atoms with van der Waals surface area (Å²) in [6.45, 7) is 6.55. The second kappa shape index (κ2) is 7.10. The first kappa shape index (κ1) is 17.4. The number of aryl methyl sites for hydroxylation is 1. The predicted molar refractivity (Wildman–Crippen MR) is 82.9 cm³/mol. The molecule has 0 unspecified atom stereocenters. The number of hydrogen-bond donors (Lipinski definition) is 1. The quantitative estimate of drug-likeness (QED) is 0.892. The average molecular weight is 323 g/mol. The molecule has 7 nitrogen and oxygen atoms in total. The van der Waals surface area contributed by atoms with Crippen LogP contribution in [0, 0.1) is 0 Å². The lowest BCUT2D eigenvalue weighted by Gasteiger charge is -2.33. The van der Waals surface area contributed by atoms with Crippen LogP contribution >= 0.6 is 0 Å². The second-order valence-electron chi connectivity index (χ2n) is 7.05. The van der Waals surface area contributed by atoms with Crippen LogP contribution in [-0.2, 0) is 21.4 Å². The summed E-state index contributed by atoms with van der Waals surface area (Å²) < 4.78 is 5.20. The summed E-state index contributed by atoms with van der Waals surface area (Å²) >= 11 is 0. The van der Waals surface area contributed by atoms with Gasteiger partial charge in [-0.05, 0) is 25.7 Å². The summed E-state index contributed by atoms with van der Waals surface area (Å²) in [4.78, 5) is 29.3. The van der Waals surface area contributed by atoms with E-state index in [9.17, 15) is 14.7 Å². The van der Waals surface area contributed by atoms with Gasteiger partial charge in [0, 0.05) is 24.8 Å². The van der Waals surface area contributed by atoms with Gasteiger partial charge in [0.1, 0.15) is 6.04 Å². The van der Waals surface area contributed by atoms with Crippen LogP contribution < -0.4 is 0 Å². The van der Waals surface area contributed by atoms with Crippen molar-refractivity contribution in [1.82, 2.24) is 15.0 Å². The lowest BCUT2D eigenvalue weighted by molar-refractivity contribution is -0.152. The standard InChI is InChI=1S/C16H25N3O4/c1-16(2,3)15-17-12(23-18-15)8-6-9-13(20)19-10-5-4-7-11(19)14(21)22/h11H,4-10H2,1-3H3,(H,21,22)/t11-/m0/s1. The summed E-state index contributed by atoms with van der Waals surface area (Å²) in [5.74, 6) is 0.161. The zero-order valence-corrected chi connectivity index (χ0v) is 14.0. The van der Waals surface area contributed by atoms with Crippen LogP contribution in [0.4, 0.5) is 0 Å². The van der Waals surface area contributed by atoms with Gasteiger partial charge in [-0.2, -0.15) is 4.98 Å². The molecular weight excluding hydrogens is 298 g/mol. The Morgan fingerprint density at radius 2 is 2.09 bits per heavy atom. The number of nitrogens with zero attached hydrogens (tertiary/aromatic N) is 3. The number of piperidine rings is 1. The van der Waals surface area contributed by atoms with Gasteiger partial charge in [0.05, 0.1) is 0 Å². The van der Waals surface area contributed by atoms with E-state index in [0.29, 0.717) is 43.9 Å². The predicted octanol–water partition coefficient (Wildman–Crippen LogP) is 2.16. The number of carboxylic acid groups (broad SMARTS) is 1. The zero-order valence-electron chi connectivity index (χ0n) is 14.0. The molecule has 0 saturated carbocycles. The van der Waals surface area contributed by atoms with Crippen LogP contribution in [0.15, 0.2) is 4.52 Å². The van der Waals surface area contributed by atoms with E-state index in [2.05, 4.69) is 10.1 Å². The molecule has 7 heteroatoms. The van der Waals surface area contributed by atoms with Crippen LogP contribution in [0.1, 0.15) is 64.6 Å². The monoisotopic (exact) mass is 323 g/mol. The number of amides is 1. The topological polar surface area (TPSA) is 96.5 Å². The van der Waals surface area contributed by atoms with Crippen molar-refractivity contribution in [2.75, 3.05) is 6.54 Å². The van der Waals surface area contributed by atoms with Crippen molar-refractivity contribution >= 4 is 11.9 Å². The minimum Gasteiger partial charge on any atom is -0.480 e. The molecule has 1 fully saturated rings. The Morgan fingerprint density at radius 3 is 2.70 bits per heavy atom. The van der Waals surface area contributed by atoms with Crippen LogP contribution in [0.5, 0.6) is 0 Å². The molecule has 128 valence electrons. The number of aromatic nitrogens is 2. The molecule has 0 aromatic carbocycles. The van der Waals surface area contributed by atoms with Gasteiger partial charge in [0.25, 0.3) is 0 Å². The molecule has 0 radical (unpaired) electrons. The molecule has 1 aromatic rings. The molecule has 1 aliphatic heterocycles. The fourth-order valence-electron chi connectivity index (χ4n) is 2.68. The number of carbonyl (C=O) groups is 2. The van der Waals surface area contributed by atoms with Gasteiger partial charge in [-0.1, -0.05) is 25.9 Å². The Morgan fingerprint density at radius 1 is 1.35 bits per heavy atom. The Kier molecular flexibility index (Phi) is 5.38. The van der Waals surface area contributed by atoms with Gasteiger partial charge >= 0.3 is 5.97 Å². The first-order valence-corrected chi connectivity index (χ1v) is 8.14. The van der Waals surface area contributed by atoms with E-state index in [1.807, 2.05) is 20.8 Å². The molecule has 1 atom stereocenters. The largest absolute Gasteiger partial charge is 0.480 e. The van der Waals surface area contributed by atoms with Crippen molar-refractivity contribution in [3.8, 4) is 0 Å².